The average Bonchev–Trinajstić information content (AvgIpc) is 2.93. The van der Waals surface area contributed by atoms with Gasteiger partial charge in [0.25, 0.3) is 0 Å². The van der Waals surface area contributed by atoms with E-state index in [1.165, 1.54) is 114 Å². The molecule has 1 aromatic heterocycles. The van der Waals surface area contributed by atoms with Crippen LogP contribution in [0.15, 0.2) is 0 Å². The van der Waals surface area contributed by atoms with Gasteiger partial charge in [-0.05, 0) is 77.8 Å². The van der Waals surface area contributed by atoms with E-state index in [2.05, 4.69) is 52.5 Å². The van der Waals surface area contributed by atoms with Crippen LogP contribution in [0.5, 0.6) is 0 Å². The van der Waals surface area contributed by atoms with Crippen molar-refractivity contribution in [2.45, 2.75) is 39.5 Å². The molecule has 2 aliphatic heterocycles. The van der Waals surface area contributed by atoms with Gasteiger partial charge in [0.15, 0.2) is 0 Å². The van der Waals surface area contributed by atoms with Crippen LogP contribution in [0.2, 0.25) is 0 Å². The molecule has 0 saturated carbocycles. The Bertz CT molecular complexity index is 517. The number of aromatic nitrogens is 1. The van der Waals surface area contributed by atoms with Crippen LogP contribution in [0, 0.1) is 13.8 Å². The smallest absolute Gasteiger partial charge is 0.0182 e. The molecule has 1 N–H and O–H groups in total. The van der Waals surface area contributed by atoms with Crippen molar-refractivity contribution in [1.82, 2.24) is 24.6 Å². The maximum atomic E-state index is 3.79. The lowest BCUT2D eigenvalue weighted by Gasteiger charge is -2.32. The van der Waals surface area contributed by atoms with Gasteiger partial charge in [-0.3, -0.25) is 0 Å². The van der Waals surface area contributed by atoms with Crippen molar-refractivity contribution in [2.75, 3.05) is 79.5 Å². The van der Waals surface area contributed by atoms with Gasteiger partial charge in [-0.2, -0.15) is 0 Å². The Morgan fingerprint density at radius 3 is 1.37 bits per heavy atom. The molecule has 0 unspecified atom stereocenters. The second-order valence-corrected chi connectivity index (χ2v) is 8.83. The Morgan fingerprint density at radius 2 is 1.00 bits per heavy atom. The standard InChI is InChI=1S/C22H41N5/c1-19-20(2)22(8-6-10-27-17-13-25(4)14-18-27)23-21(19)7-5-9-26-15-11-24(3)12-16-26/h23H,5-18H2,1-4H3. The van der Waals surface area contributed by atoms with E-state index in [1.54, 1.807) is 0 Å². The van der Waals surface area contributed by atoms with Gasteiger partial charge in [-0.25, -0.2) is 0 Å². The highest BCUT2D eigenvalue weighted by Crippen LogP contribution is 2.20. The minimum Gasteiger partial charge on any atom is -0.362 e. The van der Waals surface area contributed by atoms with Gasteiger partial charge in [0.2, 0.25) is 0 Å². The van der Waals surface area contributed by atoms with E-state index in [0.29, 0.717) is 0 Å². The zero-order valence-corrected chi connectivity index (χ0v) is 18.2. The monoisotopic (exact) mass is 375 g/mol. The summed E-state index contributed by atoms with van der Waals surface area (Å²) < 4.78 is 0. The van der Waals surface area contributed by atoms with Crippen molar-refractivity contribution in [3.8, 4) is 0 Å². The predicted octanol–water partition coefficient (Wildman–Crippen LogP) is 1.99. The minimum absolute atomic E-state index is 1.19. The lowest BCUT2D eigenvalue weighted by atomic mass is 10.1. The molecule has 1 aromatic rings. The van der Waals surface area contributed by atoms with Gasteiger partial charge in [-0.15, -0.1) is 0 Å². The summed E-state index contributed by atoms with van der Waals surface area (Å²) in [5.74, 6) is 0. The van der Waals surface area contributed by atoms with Gasteiger partial charge in [0.1, 0.15) is 0 Å². The molecule has 0 atom stereocenters. The Morgan fingerprint density at radius 1 is 0.630 bits per heavy atom. The molecular weight excluding hydrogens is 334 g/mol. The van der Waals surface area contributed by atoms with Gasteiger partial charge in [0.05, 0.1) is 0 Å². The van der Waals surface area contributed by atoms with Gasteiger partial charge < -0.3 is 24.6 Å². The lowest BCUT2D eigenvalue weighted by Crippen LogP contribution is -2.44. The number of hydrogen-bond donors (Lipinski definition) is 1. The highest BCUT2D eigenvalue weighted by molar-refractivity contribution is 5.35. The van der Waals surface area contributed by atoms with Crippen LogP contribution in [0.1, 0.15) is 35.4 Å². The van der Waals surface area contributed by atoms with Crippen molar-refractivity contribution in [3.63, 3.8) is 0 Å². The summed E-state index contributed by atoms with van der Waals surface area (Å²) in [4.78, 5) is 13.9. The topological polar surface area (TPSA) is 28.8 Å². The first-order chi connectivity index (χ1) is 13.0. The van der Waals surface area contributed by atoms with Crippen LogP contribution in [-0.2, 0) is 12.8 Å². The molecule has 27 heavy (non-hydrogen) atoms. The van der Waals surface area contributed by atoms with Gasteiger partial charge in [0, 0.05) is 63.7 Å². The Labute approximate surface area is 166 Å². The van der Waals surface area contributed by atoms with E-state index in [1.807, 2.05) is 0 Å². The molecule has 0 radical (unpaired) electrons. The molecular formula is C22H41N5. The summed E-state index contributed by atoms with van der Waals surface area (Å²) in [6.07, 6.45) is 4.92. The fourth-order valence-corrected chi connectivity index (χ4v) is 4.42. The van der Waals surface area contributed by atoms with E-state index in [9.17, 15) is 0 Å². The van der Waals surface area contributed by atoms with Crippen molar-refractivity contribution in [1.29, 1.82) is 0 Å². The lowest BCUT2D eigenvalue weighted by molar-refractivity contribution is 0.152. The molecule has 3 rings (SSSR count). The zero-order valence-electron chi connectivity index (χ0n) is 18.2. The third kappa shape index (κ3) is 6.05. The summed E-state index contributed by atoms with van der Waals surface area (Å²) in [5, 5.41) is 0. The van der Waals surface area contributed by atoms with Crippen LogP contribution in [0.25, 0.3) is 0 Å². The molecule has 2 fully saturated rings. The number of aryl methyl sites for hydroxylation is 2. The molecule has 0 aromatic carbocycles. The second kappa shape index (κ2) is 10.1. The van der Waals surface area contributed by atoms with E-state index in [4.69, 9.17) is 0 Å². The summed E-state index contributed by atoms with van der Waals surface area (Å²) >= 11 is 0. The molecule has 0 aliphatic carbocycles. The normalized spacial score (nSPS) is 21.2. The van der Waals surface area contributed by atoms with Crippen molar-refractivity contribution >= 4 is 0 Å². The Balaban J connectivity index is 1.40. The molecule has 0 spiro atoms. The number of rotatable bonds is 8. The number of hydrogen-bond acceptors (Lipinski definition) is 4. The minimum atomic E-state index is 1.19. The number of nitrogens with one attached hydrogen (secondary N) is 1. The molecule has 0 amide bonds. The first-order valence-electron chi connectivity index (χ1n) is 11.0. The summed E-state index contributed by atoms with van der Waals surface area (Å²) in [7, 11) is 4.46. The van der Waals surface area contributed by atoms with Crippen molar-refractivity contribution < 1.29 is 0 Å². The Hall–Kier alpha value is -0.880. The highest BCUT2D eigenvalue weighted by Gasteiger charge is 2.16. The molecule has 5 heteroatoms. The van der Waals surface area contributed by atoms with E-state index < -0.39 is 0 Å². The van der Waals surface area contributed by atoms with Crippen LogP contribution in [-0.4, -0.2) is 104 Å². The summed E-state index contributed by atoms with van der Waals surface area (Å²) in [5.41, 5.74) is 5.97. The van der Waals surface area contributed by atoms with Crippen LogP contribution in [0.3, 0.4) is 0 Å². The molecule has 154 valence electrons. The average molecular weight is 376 g/mol. The van der Waals surface area contributed by atoms with E-state index >= 15 is 0 Å². The third-order valence-corrected chi connectivity index (χ3v) is 6.76. The third-order valence-electron chi connectivity index (χ3n) is 6.76. The molecule has 5 nitrogen and oxygen atoms in total. The first-order valence-corrected chi connectivity index (χ1v) is 11.0. The van der Waals surface area contributed by atoms with Crippen LogP contribution < -0.4 is 0 Å². The predicted molar refractivity (Wildman–Crippen MR) is 115 cm³/mol. The van der Waals surface area contributed by atoms with Crippen molar-refractivity contribution in [3.05, 3.63) is 22.5 Å². The summed E-state index contributed by atoms with van der Waals surface area (Å²) in [6.45, 7) is 16.9. The first kappa shape index (κ1) is 20.8. The van der Waals surface area contributed by atoms with Crippen LogP contribution in [0.4, 0.5) is 0 Å². The van der Waals surface area contributed by atoms with Gasteiger partial charge >= 0.3 is 0 Å². The molecule has 2 aliphatic rings. The number of aromatic amines is 1. The Kier molecular flexibility index (Phi) is 7.76. The molecule has 2 saturated heterocycles. The maximum Gasteiger partial charge on any atom is 0.0182 e. The highest BCUT2D eigenvalue weighted by atomic mass is 15.2. The van der Waals surface area contributed by atoms with E-state index in [-0.39, 0.29) is 0 Å². The van der Waals surface area contributed by atoms with Crippen LogP contribution >= 0.6 is 0 Å². The maximum absolute atomic E-state index is 3.79. The number of likely N-dealkylation sites (N-methyl/N-ethyl adjacent to an activating group) is 2. The largest absolute Gasteiger partial charge is 0.362 e. The SMILES string of the molecule is Cc1c(CCCN2CCN(C)CC2)[nH]c(CCCN2CCN(C)CC2)c1C. The number of H-pyrrole nitrogens is 1. The second-order valence-electron chi connectivity index (χ2n) is 8.83. The number of nitrogens with zero attached hydrogens (tertiary/aromatic N) is 4. The van der Waals surface area contributed by atoms with E-state index in [0.717, 1.165) is 0 Å². The number of piperazine rings is 2. The zero-order chi connectivity index (χ0) is 19.2. The quantitative estimate of drug-likeness (QED) is 0.752. The van der Waals surface area contributed by atoms with Gasteiger partial charge in [-0.1, -0.05) is 0 Å². The van der Waals surface area contributed by atoms with Crippen molar-refractivity contribution in [2.24, 2.45) is 0 Å². The summed E-state index contributed by atoms with van der Waals surface area (Å²) in [6, 6.07) is 0. The molecule has 0 bridgehead atoms. The fourth-order valence-electron chi connectivity index (χ4n) is 4.42. The molecule has 3 heterocycles. The fraction of sp³-hybridized carbons (Fsp3) is 0.818.